The molecular weight excluding hydrogens is 191 g/mol. The first-order valence-corrected chi connectivity index (χ1v) is 4.57. The van der Waals surface area contributed by atoms with Gasteiger partial charge in [-0.3, -0.25) is 4.79 Å². The predicted molar refractivity (Wildman–Crippen MR) is 59.2 cm³/mol. The van der Waals surface area contributed by atoms with Crippen molar-refractivity contribution in [3.05, 3.63) is 42.0 Å². The van der Waals surface area contributed by atoms with Gasteiger partial charge in [0.1, 0.15) is 0 Å². The van der Waals surface area contributed by atoms with E-state index in [2.05, 4.69) is 0 Å². The van der Waals surface area contributed by atoms with Gasteiger partial charge in [0.2, 0.25) is 0 Å². The van der Waals surface area contributed by atoms with Crippen LogP contribution in [0.1, 0.15) is 10.4 Å². The zero-order chi connectivity index (χ0) is 10.8. The Kier molecular flexibility index (Phi) is 2.54. The van der Waals surface area contributed by atoms with E-state index < -0.39 is 7.12 Å². The van der Waals surface area contributed by atoms with Crippen molar-refractivity contribution in [1.82, 2.24) is 0 Å². The topological polar surface area (TPSA) is 57.5 Å². The lowest BCUT2D eigenvalue weighted by molar-refractivity contribution is 0.112. The maximum absolute atomic E-state index is 10.8. The summed E-state index contributed by atoms with van der Waals surface area (Å²) in [5, 5.41) is 19.7. The van der Waals surface area contributed by atoms with E-state index in [4.69, 9.17) is 10.0 Å². The summed E-state index contributed by atoms with van der Waals surface area (Å²) < 4.78 is 0. The molecule has 4 heteroatoms. The summed E-state index contributed by atoms with van der Waals surface area (Å²) in [7, 11) is -1.52. The number of hydrogen-bond donors (Lipinski definition) is 2. The summed E-state index contributed by atoms with van der Waals surface area (Å²) in [4.78, 5) is 10.8. The molecule has 0 saturated carbocycles. The Hall–Kier alpha value is -1.65. The number of benzene rings is 2. The van der Waals surface area contributed by atoms with E-state index in [0.29, 0.717) is 16.4 Å². The minimum atomic E-state index is -1.52. The molecule has 0 aliphatic heterocycles. The average Bonchev–Trinajstić information content (AvgIpc) is 2.27. The van der Waals surface area contributed by atoms with Gasteiger partial charge in [0.25, 0.3) is 0 Å². The van der Waals surface area contributed by atoms with Crippen LogP contribution >= 0.6 is 0 Å². The minimum Gasteiger partial charge on any atom is -0.423 e. The third kappa shape index (κ3) is 1.65. The minimum absolute atomic E-state index is 0.413. The molecule has 0 spiro atoms. The molecule has 0 amide bonds. The van der Waals surface area contributed by atoms with Gasteiger partial charge in [-0.15, -0.1) is 0 Å². The van der Waals surface area contributed by atoms with Crippen molar-refractivity contribution >= 4 is 29.6 Å². The molecule has 74 valence electrons. The first-order chi connectivity index (χ1) is 7.24. The van der Waals surface area contributed by atoms with Crippen molar-refractivity contribution in [2.24, 2.45) is 0 Å². The molecule has 2 aromatic rings. The van der Waals surface area contributed by atoms with E-state index in [-0.39, 0.29) is 0 Å². The highest BCUT2D eigenvalue weighted by Gasteiger charge is 2.15. The SMILES string of the molecule is O=Cc1ccc(B(O)O)c2ccccc12. The maximum Gasteiger partial charge on any atom is 0.489 e. The van der Waals surface area contributed by atoms with E-state index >= 15 is 0 Å². The van der Waals surface area contributed by atoms with E-state index in [0.717, 1.165) is 11.7 Å². The molecule has 2 rings (SSSR count). The number of carbonyl (C=O) groups is 1. The van der Waals surface area contributed by atoms with Gasteiger partial charge in [0.05, 0.1) is 0 Å². The van der Waals surface area contributed by atoms with Crippen LogP contribution in [0.15, 0.2) is 36.4 Å². The van der Waals surface area contributed by atoms with Crippen LogP contribution in [0.3, 0.4) is 0 Å². The molecule has 0 bridgehead atoms. The second-order valence-electron chi connectivity index (χ2n) is 3.28. The van der Waals surface area contributed by atoms with Crippen molar-refractivity contribution in [3.63, 3.8) is 0 Å². The smallest absolute Gasteiger partial charge is 0.423 e. The first-order valence-electron chi connectivity index (χ1n) is 4.57. The Morgan fingerprint density at radius 2 is 1.67 bits per heavy atom. The summed E-state index contributed by atoms with van der Waals surface area (Å²) in [6.07, 6.45) is 0.760. The second kappa shape index (κ2) is 3.84. The van der Waals surface area contributed by atoms with Crippen molar-refractivity contribution in [3.8, 4) is 0 Å². The Balaban J connectivity index is 2.83. The predicted octanol–water partition coefficient (Wildman–Crippen LogP) is 0.332. The summed E-state index contributed by atoms with van der Waals surface area (Å²) in [6.45, 7) is 0. The third-order valence-electron chi connectivity index (χ3n) is 2.40. The molecule has 3 nitrogen and oxygen atoms in total. The van der Waals surface area contributed by atoms with Gasteiger partial charge in [0, 0.05) is 5.56 Å². The molecular formula is C11H9BO3. The van der Waals surface area contributed by atoms with E-state index in [9.17, 15) is 4.79 Å². The van der Waals surface area contributed by atoms with Crippen LogP contribution in [-0.2, 0) is 0 Å². The summed E-state index contributed by atoms with van der Waals surface area (Å²) in [5.41, 5.74) is 0.964. The molecule has 0 fully saturated rings. The van der Waals surface area contributed by atoms with Gasteiger partial charge < -0.3 is 10.0 Å². The third-order valence-corrected chi connectivity index (χ3v) is 2.40. The zero-order valence-corrected chi connectivity index (χ0v) is 7.92. The van der Waals surface area contributed by atoms with Crippen LogP contribution in [0.25, 0.3) is 10.8 Å². The zero-order valence-electron chi connectivity index (χ0n) is 7.92. The van der Waals surface area contributed by atoms with E-state index in [1.165, 1.54) is 0 Å². The molecule has 2 aromatic carbocycles. The molecule has 15 heavy (non-hydrogen) atoms. The van der Waals surface area contributed by atoms with Gasteiger partial charge in [-0.1, -0.05) is 36.4 Å². The second-order valence-corrected chi connectivity index (χ2v) is 3.28. The molecule has 0 atom stereocenters. The molecule has 0 aromatic heterocycles. The van der Waals surface area contributed by atoms with E-state index in [1.54, 1.807) is 30.3 Å². The Labute approximate surface area is 87.1 Å². The number of aldehydes is 1. The number of hydrogen-bond acceptors (Lipinski definition) is 3. The maximum atomic E-state index is 10.8. The lowest BCUT2D eigenvalue weighted by Gasteiger charge is -2.06. The molecule has 0 unspecified atom stereocenters. The van der Waals surface area contributed by atoms with Gasteiger partial charge >= 0.3 is 7.12 Å². The average molecular weight is 200 g/mol. The fraction of sp³-hybridized carbons (Fsp3) is 0. The normalized spacial score (nSPS) is 10.3. The number of carbonyl (C=O) groups excluding carboxylic acids is 1. The summed E-state index contributed by atoms with van der Waals surface area (Å²) >= 11 is 0. The first kappa shape index (κ1) is 9.89. The van der Waals surface area contributed by atoms with E-state index in [1.807, 2.05) is 6.07 Å². The van der Waals surface area contributed by atoms with Crippen LogP contribution in [0.2, 0.25) is 0 Å². The van der Waals surface area contributed by atoms with Crippen LogP contribution in [0.5, 0.6) is 0 Å². The molecule has 0 saturated heterocycles. The molecule has 0 heterocycles. The molecule has 0 radical (unpaired) electrons. The highest BCUT2D eigenvalue weighted by atomic mass is 16.4. The fourth-order valence-corrected chi connectivity index (χ4v) is 1.67. The largest absolute Gasteiger partial charge is 0.489 e. The Bertz CT molecular complexity index is 508. The number of fused-ring (bicyclic) bond motifs is 1. The van der Waals surface area contributed by atoms with Gasteiger partial charge in [-0.2, -0.15) is 0 Å². The Morgan fingerprint density at radius 1 is 1.00 bits per heavy atom. The number of rotatable bonds is 2. The fourth-order valence-electron chi connectivity index (χ4n) is 1.67. The van der Waals surface area contributed by atoms with Crippen molar-refractivity contribution < 1.29 is 14.8 Å². The van der Waals surface area contributed by atoms with Gasteiger partial charge in [-0.05, 0) is 16.2 Å². The monoisotopic (exact) mass is 200 g/mol. The van der Waals surface area contributed by atoms with Crippen LogP contribution in [-0.4, -0.2) is 23.5 Å². The Morgan fingerprint density at radius 3 is 2.27 bits per heavy atom. The summed E-state index contributed by atoms with van der Waals surface area (Å²) in [6, 6.07) is 10.3. The molecule has 0 aliphatic rings. The molecule has 2 N–H and O–H groups in total. The van der Waals surface area contributed by atoms with Crippen molar-refractivity contribution in [2.75, 3.05) is 0 Å². The quantitative estimate of drug-likeness (QED) is 0.542. The lowest BCUT2D eigenvalue weighted by Crippen LogP contribution is -2.30. The van der Waals surface area contributed by atoms with Gasteiger partial charge in [0.15, 0.2) is 6.29 Å². The van der Waals surface area contributed by atoms with Crippen molar-refractivity contribution in [1.29, 1.82) is 0 Å². The highest BCUT2D eigenvalue weighted by Crippen LogP contribution is 2.15. The summed E-state index contributed by atoms with van der Waals surface area (Å²) in [5.74, 6) is 0. The molecule has 0 aliphatic carbocycles. The van der Waals surface area contributed by atoms with Gasteiger partial charge in [-0.25, -0.2) is 0 Å². The van der Waals surface area contributed by atoms with Crippen LogP contribution in [0.4, 0.5) is 0 Å². The lowest BCUT2D eigenvalue weighted by atomic mass is 9.76. The van der Waals surface area contributed by atoms with Crippen molar-refractivity contribution in [2.45, 2.75) is 0 Å². The van der Waals surface area contributed by atoms with Crippen LogP contribution in [0, 0.1) is 0 Å². The standard InChI is InChI=1S/C11H9BO3/c13-7-8-5-6-11(12(14)15)10-4-2-1-3-9(8)10/h1-7,14-15H. The van der Waals surface area contributed by atoms with Crippen LogP contribution < -0.4 is 5.46 Å². The highest BCUT2D eigenvalue weighted by molar-refractivity contribution is 6.62.